The van der Waals surface area contributed by atoms with Gasteiger partial charge in [0.25, 0.3) is 5.91 Å². The lowest BCUT2D eigenvalue weighted by atomic mass is 10.1. The first-order valence-electron chi connectivity index (χ1n) is 8.88. The number of anilines is 2. The van der Waals surface area contributed by atoms with Crippen LogP contribution in [0.25, 0.3) is 0 Å². The number of para-hydroxylation sites is 2. The van der Waals surface area contributed by atoms with E-state index in [1.54, 1.807) is 42.5 Å². The van der Waals surface area contributed by atoms with E-state index in [-0.39, 0.29) is 17.3 Å². The average molecular weight is 410 g/mol. The molecular weight excluding hydrogens is 394 g/mol. The van der Waals surface area contributed by atoms with Crippen LogP contribution in [0.1, 0.15) is 21.3 Å². The molecule has 3 aromatic carbocycles. The minimum Gasteiger partial charge on any atom is -0.322 e. The van der Waals surface area contributed by atoms with Crippen LogP contribution in [0.2, 0.25) is 0 Å². The summed E-state index contributed by atoms with van der Waals surface area (Å²) >= 11 is 1.36. The molecule has 7 heteroatoms. The molecule has 1 heterocycles. The van der Waals surface area contributed by atoms with Gasteiger partial charge in [-0.2, -0.15) is 0 Å². The van der Waals surface area contributed by atoms with Gasteiger partial charge < -0.3 is 5.32 Å². The fourth-order valence-corrected chi connectivity index (χ4v) is 4.39. The zero-order valence-electron chi connectivity index (χ0n) is 15.1. The normalized spacial score (nSPS) is 16.1. The molecule has 29 heavy (non-hydrogen) atoms. The molecule has 1 aliphatic heterocycles. The maximum atomic E-state index is 14.4. The number of carbonyl (C=O) groups is 2. The average Bonchev–Trinajstić information content (AvgIpc) is 3.10. The zero-order chi connectivity index (χ0) is 20.4. The van der Waals surface area contributed by atoms with Crippen molar-refractivity contribution in [3.8, 4) is 0 Å². The van der Waals surface area contributed by atoms with Crippen molar-refractivity contribution < 1.29 is 18.4 Å². The number of amides is 2. The molecule has 2 amide bonds. The Balaban J connectivity index is 1.67. The Morgan fingerprint density at radius 1 is 0.966 bits per heavy atom. The standard InChI is InChI=1S/C22H16F2N2O2S/c23-15-11-9-14(10-12-15)21(28)25-18-7-3-1-5-16(18)22-26(20(27)13-29-22)19-8-4-2-6-17(19)24/h1-12,22H,13H2,(H,25,28)/t22-/m0/s1. The third kappa shape index (κ3) is 3.86. The lowest BCUT2D eigenvalue weighted by Crippen LogP contribution is -2.29. The number of nitrogens with one attached hydrogen (secondary N) is 1. The van der Waals surface area contributed by atoms with Crippen LogP contribution >= 0.6 is 11.8 Å². The first-order chi connectivity index (χ1) is 14.0. The van der Waals surface area contributed by atoms with Crippen molar-refractivity contribution in [3.63, 3.8) is 0 Å². The highest BCUT2D eigenvalue weighted by Crippen LogP contribution is 2.44. The number of halogens is 2. The Kier molecular flexibility index (Phi) is 5.31. The molecule has 1 N–H and O–H groups in total. The monoisotopic (exact) mass is 410 g/mol. The summed E-state index contributed by atoms with van der Waals surface area (Å²) in [6.07, 6.45) is 0. The summed E-state index contributed by atoms with van der Waals surface area (Å²) in [6, 6.07) is 18.4. The maximum Gasteiger partial charge on any atom is 0.255 e. The smallest absolute Gasteiger partial charge is 0.255 e. The summed E-state index contributed by atoms with van der Waals surface area (Å²) < 4.78 is 27.5. The molecule has 3 aromatic rings. The fraction of sp³-hybridized carbons (Fsp3) is 0.0909. The topological polar surface area (TPSA) is 49.4 Å². The summed E-state index contributed by atoms with van der Waals surface area (Å²) in [7, 11) is 0. The maximum absolute atomic E-state index is 14.4. The predicted octanol–water partition coefficient (Wildman–Crippen LogP) is 5.00. The highest BCUT2D eigenvalue weighted by molar-refractivity contribution is 8.00. The molecule has 1 aliphatic rings. The van der Waals surface area contributed by atoms with Crippen molar-refractivity contribution in [1.29, 1.82) is 0 Å². The molecule has 1 saturated heterocycles. The Hall–Kier alpha value is -3.19. The summed E-state index contributed by atoms with van der Waals surface area (Å²) in [6.45, 7) is 0. The molecule has 0 aromatic heterocycles. The molecular formula is C22H16F2N2O2S. The SMILES string of the molecule is O=C(Nc1ccccc1[C@@H]1SCC(=O)N1c1ccccc1F)c1ccc(F)cc1. The largest absolute Gasteiger partial charge is 0.322 e. The predicted molar refractivity (Wildman–Crippen MR) is 110 cm³/mol. The van der Waals surface area contributed by atoms with E-state index in [4.69, 9.17) is 0 Å². The Bertz CT molecular complexity index is 1070. The van der Waals surface area contributed by atoms with Crippen molar-refractivity contribution in [3.05, 3.63) is 95.6 Å². The first kappa shape index (κ1) is 19.1. The third-order valence-corrected chi connectivity index (χ3v) is 5.76. The Labute approximate surface area is 170 Å². The number of benzene rings is 3. The van der Waals surface area contributed by atoms with E-state index >= 15 is 0 Å². The van der Waals surface area contributed by atoms with Crippen LogP contribution in [0.15, 0.2) is 72.8 Å². The number of hydrogen-bond donors (Lipinski definition) is 1. The summed E-state index contributed by atoms with van der Waals surface area (Å²) in [5.41, 5.74) is 1.70. The number of thioether (sulfide) groups is 1. The zero-order valence-corrected chi connectivity index (χ0v) is 16.0. The van der Waals surface area contributed by atoms with Crippen molar-refractivity contribution in [2.24, 2.45) is 0 Å². The van der Waals surface area contributed by atoms with E-state index in [2.05, 4.69) is 5.32 Å². The Morgan fingerprint density at radius 2 is 1.66 bits per heavy atom. The van der Waals surface area contributed by atoms with E-state index in [0.717, 1.165) is 0 Å². The van der Waals surface area contributed by atoms with Gasteiger partial charge in [0.15, 0.2) is 0 Å². The van der Waals surface area contributed by atoms with Crippen LogP contribution < -0.4 is 10.2 Å². The molecule has 4 rings (SSSR count). The number of hydrogen-bond acceptors (Lipinski definition) is 3. The van der Waals surface area contributed by atoms with Crippen LogP contribution in [0.3, 0.4) is 0 Å². The van der Waals surface area contributed by atoms with Crippen molar-refractivity contribution in [1.82, 2.24) is 0 Å². The van der Waals surface area contributed by atoms with Gasteiger partial charge in [-0.25, -0.2) is 8.78 Å². The molecule has 0 unspecified atom stereocenters. The van der Waals surface area contributed by atoms with Crippen LogP contribution in [-0.2, 0) is 4.79 Å². The van der Waals surface area contributed by atoms with Crippen molar-refractivity contribution in [2.75, 3.05) is 16.0 Å². The van der Waals surface area contributed by atoms with E-state index < -0.39 is 22.9 Å². The van der Waals surface area contributed by atoms with E-state index in [1.165, 1.54) is 47.0 Å². The lowest BCUT2D eigenvalue weighted by Gasteiger charge is -2.26. The number of carbonyl (C=O) groups excluding carboxylic acids is 2. The van der Waals surface area contributed by atoms with Gasteiger partial charge in [0.2, 0.25) is 5.91 Å². The van der Waals surface area contributed by atoms with E-state index in [9.17, 15) is 18.4 Å². The quantitative estimate of drug-likeness (QED) is 0.659. The van der Waals surface area contributed by atoms with Gasteiger partial charge in [-0.05, 0) is 42.5 Å². The summed E-state index contributed by atoms with van der Waals surface area (Å²) in [5, 5.41) is 2.34. The minimum atomic E-state index is -0.485. The molecule has 0 spiro atoms. The van der Waals surface area contributed by atoms with Gasteiger partial charge in [-0.15, -0.1) is 11.8 Å². The molecule has 0 aliphatic carbocycles. The summed E-state index contributed by atoms with van der Waals surface area (Å²) in [4.78, 5) is 26.5. The molecule has 0 bridgehead atoms. The minimum absolute atomic E-state index is 0.201. The van der Waals surface area contributed by atoms with Crippen LogP contribution in [0.5, 0.6) is 0 Å². The highest BCUT2D eigenvalue weighted by atomic mass is 32.2. The molecule has 146 valence electrons. The van der Waals surface area contributed by atoms with Gasteiger partial charge in [0.05, 0.1) is 11.4 Å². The second-order valence-corrected chi connectivity index (χ2v) is 7.50. The Morgan fingerprint density at radius 3 is 2.41 bits per heavy atom. The van der Waals surface area contributed by atoms with Gasteiger partial charge in [-0.3, -0.25) is 14.5 Å². The van der Waals surface area contributed by atoms with Gasteiger partial charge >= 0.3 is 0 Å². The van der Waals surface area contributed by atoms with Crippen LogP contribution in [0.4, 0.5) is 20.2 Å². The highest BCUT2D eigenvalue weighted by Gasteiger charge is 2.36. The summed E-state index contributed by atoms with van der Waals surface area (Å²) in [5.74, 6) is -1.31. The van der Waals surface area contributed by atoms with Crippen LogP contribution in [-0.4, -0.2) is 17.6 Å². The molecule has 0 saturated carbocycles. The fourth-order valence-electron chi connectivity index (χ4n) is 3.18. The van der Waals surface area contributed by atoms with Gasteiger partial charge in [0, 0.05) is 16.8 Å². The van der Waals surface area contributed by atoms with Gasteiger partial charge in [0.1, 0.15) is 17.0 Å². The van der Waals surface area contributed by atoms with Gasteiger partial charge in [-0.1, -0.05) is 30.3 Å². The number of nitrogens with zero attached hydrogens (tertiary/aromatic N) is 1. The van der Waals surface area contributed by atoms with E-state index in [0.29, 0.717) is 16.8 Å². The second kappa shape index (κ2) is 8.05. The number of rotatable bonds is 4. The third-order valence-electron chi connectivity index (χ3n) is 4.56. The van der Waals surface area contributed by atoms with Crippen molar-refractivity contribution in [2.45, 2.75) is 5.37 Å². The second-order valence-electron chi connectivity index (χ2n) is 6.43. The molecule has 1 fully saturated rings. The lowest BCUT2D eigenvalue weighted by molar-refractivity contribution is -0.115. The molecule has 0 radical (unpaired) electrons. The first-order valence-corrected chi connectivity index (χ1v) is 9.93. The van der Waals surface area contributed by atoms with Crippen molar-refractivity contribution >= 4 is 35.0 Å². The van der Waals surface area contributed by atoms with E-state index in [1.807, 2.05) is 0 Å². The molecule has 4 nitrogen and oxygen atoms in total. The molecule has 1 atom stereocenters. The van der Waals surface area contributed by atoms with Crippen LogP contribution in [0, 0.1) is 11.6 Å².